The molecule has 5 heteroatoms. The molecule has 1 saturated heterocycles. The van der Waals surface area contributed by atoms with Crippen LogP contribution in [0.1, 0.15) is 19.8 Å². The molecule has 1 atom stereocenters. The second-order valence-corrected chi connectivity index (χ2v) is 5.62. The molecule has 0 radical (unpaired) electrons. The van der Waals surface area contributed by atoms with Crippen molar-refractivity contribution < 1.29 is 4.74 Å². The maximum atomic E-state index is 5.24. The van der Waals surface area contributed by atoms with Gasteiger partial charge in [-0.3, -0.25) is 4.99 Å². The Balaban J connectivity index is 2.41. The Morgan fingerprint density at radius 1 is 1.56 bits per heavy atom. The lowest BCUT2D eigenvalue weighted by molar-refractivity contribution is 0.157. The van der Waals surface area contributed by atoms with E-state index < -0.39 is 0 Å². The van der Waals surface area contributed by atoms with Gasteiger partial charge in [-0.25, -0.2) is 0 Å². The number of ether oxygens (including phenoxy) is 1. The number of aliphatic imine (C=N–C) groups is 1. The molecule has 0 aromatic rings. The van der Waals surface area contributed by atoms with Gasteiger partial charge in [0.05, 0.1) is 6.61 Å². The first-order chi connectivity index (χ1) is 8.81. The summed E-state index contributed by atoms with van der Waals surface area (Å²) in [6.07, 6.45) is 4.51. The van der Waals surface area contributed by atoms with Crippen molar-refractivity contribution in [3.63, 3.8) is 0 Å². The van der Waals surface area contributed by atoms with Crippen LogP contribution in [0.2, 0.25) is 0 Å². The SMILES string of the molecule is CCNC(=NCCCSC)N1CCC(COC)C1. The van der Waals surface area contributed by atoms with E-state index in [2.05, 4.69) is 23.4 Å². The molecule has 1 unspecified atom stereocenters. The predicted octanol–water partition coefficient (Wildman–Crippen LogP) is 1.67. The Morgan fingerprint density at radius 3 is 3.06 bits per heavy atom. The third kappa shape index (κ3) is 5.48. The standard InChI is InChI=1S/C13H27N3OS/c1-4-14-13(15-7-5-9-18-3)16-8-6-12(10-16)11-17-2/h12H,4-11H2,1-3H3,(H,14,15). The second kappa shape index (κ2) is 9.50. The van der Waals surface area contributed by atoms with Crippen LogP contribution >= 0.6 is 11.8 Å². The Labute approximate surface area is 116 Å². The first kappa shape index (κ1) is 15.6. The van der Waals surface area contributed by atoms with E-state index in [9.17, 15) is 0 Å². The zero-order valence-electron chi connectivity index (χ0n) is 11.9. The zero-order valence-corrected chi connectivity index (χ0v) is 12.8. The van der Waals surface area contributed by atoms with Crippen molar-refractivity contribution in [1.29, 1.82) is 0 Å². The average molecular weight is 273 g/mol. The van der Waals surface area contributed by atoms with Crippen LogP contribution in [-0.2, 0) is 4.74 Å². The maximum absolute atomic E-state index is 5.24. The average Bonchev–Trinajstić information content (AvgIpc) is 2.82. The van der Waals surface area contributed by atoms with Crippen LogP contribution in [-0.4, -0.2) is 62.8 Å². The molecule has 1 N–H and O–H groups in total. The first-order valence-corrected chi connectivity index (χ1v) is 8.22. The van der Waals surface area contributed by atoms with Crippen LogP contribution < -0.4 is 5.32 Å². The number of rotatable bonds is 7. The van der Waals surface area contributed by atoms with Crippen molar-refractivity contribution in [2.45, 2.75) is 19.8 Å². The van der Waals surface area contributed by atoms with Crippen molar-refractivity contribution in [2.75, 3.05) is 51.9 Å². The molecule has 0 bridgehead atoms. The highest BCUT2D eigenvalue weighted by atomic mass is 32.2. The molecule has 18 heavy (non-hydrogen) atoms. The van der Waals surface area contributed by atoms with Gasteiger partial charge in [-0.15, -0.1) is 0 Å². The zero-order chi connectivity index (χ0) is 13.2. The molecular weight excluding hydrogens is 246 g/mol. The number of nitrogens with one attached hydrogen (secondary N) is 1. The topological polar surface area (TPSA) is 36.9 Å². The van der Waals surface area contributed by atoms with E-state index in [1.54, 1.807) is 7.11 Å². The molecule has 1 aliphatic rings. The van der Waals surface area contributed by atoms with Crippen LogP contribution in [0.5, 0.6) is 0 Å². The van der Waals surface area contributed by atoms with Crippen molar-refractivity contribution in [1.82, 2.24) is 10.2 Å². The van der Waals surface area contributed by atoms with Crippen LogP contribution in [0.4, 0.5) is 0 Å². The molecule has 0 amide bonds. The summed E-state index contributed by atoms with van der Waals surface area (Å²) in [6.45, 7) is 7.02. The van der Waals surface area contributed by atoms with Gasteiger partial charge < -0.3 is 15.0 Å². The number of thioether (sulfide) groups is 1. The van der Waals surface area contributed by atoms with Gasteiger partial charge in [0.25, 0.3) is 0 Å². The summed E-state index contributed by atoms with van der Waals surface area (Å²) in [7, 11) is 1.78. The number of hydrogen-bond acceptors (Lipinski definition) is 3. The Morgan fingerprint density at radius 2 is 2.39 bits per heavy atom. The second-order valence-electron chi connectivity index (χ2n) is 4.64. The summed E-state index contributed by atoms with van der Waals surface area (Å²) in [6, 6.07) is 0. The van der Waals surface area contributed by atoms with Crippen molar-refractivity contribution in [3.8, 4) is 0 Å². The van der Waals surface area contributed by atoms with Gasteiger partial charge in [-0.1, -0.05) is 0 Å². The molecule has 0 spiro atoms. The first-order valence-electron chi connectivity index (χ1n) is 6.83. The maximum Gasteiger partial charge on any atom is 0.193 e. The lowest BCUT2D eigenvalue weighted by atomic mass is 10.1. The minimum atomic E-state index is 0.657. The normalized spacial score (nSPS) is 20.5. The van der Waals surface area contributed by atoms with Crippen LogP contribution in [0.25, 0.3) is 0 Å². The van der Waals surface area contributed by atoms with Crippen molar-refractivity contribution >= 4 is 17.7 Å². The minimum absolute atomic E-state index is 0.657. The number of guanidine groups is 1. The molecule has 0 aromatic carbocycles. The minimum Gasteiger partial charge on any atom is -0.384 e. The van der Waals surface area contributed by atoms with Gasteiger partial charge in [-0.2, -0.15) is 11.8 Å². The highest BCUT2D eigenvalue weighted by Gasteiger charge is 2.24. The van der Waals surface area contributed by atoms with Crippen LogP contribution in [0.3, 0.4) is 0 Å². The van der Waals surface area contributed by atoms with Gasteiger partial charge in [0.1, 0.15) is 0 Å². The Hall–Kier alpha value is -0.420. The van der Waals surface area contributed by atoms with E-state index in [0.29, 0.717) is 5.92 Å². The third-order valence-electron chi connectivity index (χ3n) is 3.09. The summed E-state index contributed by atoms with van der Waals surface area (Å²) in [5.74, 6) is 2.93. The molecule has 0 aromatic heterocycles. The Kier molecular flexibility index (Phi) is 8.25. The summed E-state index contributed by atoms with van der Waals surface area (Å²) >= 11 is 1.89. The van der Waals surface area contributed by atoms with E-state index in [1.165, 1.54) is 12.2 Å². The van der Waals surface area contributed by atoms with Gasteiger partial charge in [0.2, 0.25) is 0 Å². The summed E-state index contributed by atoms with van der Waals surface area (Å²) in [5, 5.41) is 3.39. The van der Waals surface area contributed by atoms with Crippen molar-refractivity contribution in [2.24, 2.45) is 10.9 Å². The monoisotopic (exact) mass is 273 g/mol. The smallest absolute Gasteiger partial charge is 0.193 e. The largest absolute Gasteiger partial charge is 0.384 e. The Bertz CT molecular complexity index is 248. The number of likely N-dealkylation sites (tertiary alicyclic amines) is 1. The number of nitrogens with zero attached hydrogens (tertiary/aromatic N) is 2. The molecule has 1 heterocycles. The quantitative estimate of drug-likeness (QED) is 0.435. The van der Waals surface area contributed by atoms with Gasteiger partial charge in [0, 0.05) is 39.2 Å². The van der Waals surface area contributed by atoms with E-state index >= 15 is 0 Å². The van der Waals surface area contributed by atoms with Crippen molar-refractivity contribution in [3.05, 3.63) is 0 Å². The third-order valence-corrected chi connectivity index (χ3v) is 3.79. The molecule has 0 saturated carbocycles. The molecule has 106 valence electrons. The number of hydrogen-bond donors (Lipinski definition) is 1. The van der Waals surface area contributed by atoms with E-state index in [1.807, 2.05) is 11.8 Å². The molecule has 0 aliphatic carbocycles. The molecule has 1 fully saturated rings. The van der Waals surface area contributed by atoms with Gasteiger partial charge in [-0.05, 0) is 31.8 Å². The fourth-order valence-corrected chi connectivity index (χ4v) is 2.63. The van der Waals surface area contributed by atoms with E-state index in [-0.39, 0.29) is 0 Å². The summed E-state index contributed by atoms with van der Waals surface area (Å²) in [4.78, 5) is 7.07. The van der Waals surface area contributed by atoms with Crippen LogP contribution in [0.15, 0.2) is 4.99 Å². The molecular formula is C13H27N3OS. The molecule has 1 aliphatic heterocycles. The lowest BCUT2D eigenvalue weighted by Gasteiger charge is -2.21. The number of methoxy groups -OCH3 is 1. The fraction of sp³-hybridized carbons (Fsp3) is 0.923. The highest BCUT2D eigenvalue weighted by Crippen LogP contribution is 2.16. The van der Waals surface area contributed by atoms with Crippen LogP contribution in [0, 0.1) is 5.92 Å². The highest BCUT2D eigenvalue weighted by molar-refractivity contribution is 7.98. The summed E-state index contributed by atoms with van der Waals surface area (Å²) in [5.41, 5.74) is 0. The fourth-order valence-electron chi connectivity index (χ4n) is 2.22. The lowest BCUT2D eigenvalue weighted by Crippen LogP contribution is -2.40. The van der Waals surface area contributed by atoms with E-state index in [4.69, 9.17) is 9.73 Å². The van der Waals surface area contributed by atoms with E-state index in [0.717, 1.165) is 45.2 Å². The van der Waals surface area contributed by atoms with Gasteiger partial charge in [0.15, 0.2) is 5.96 Å². The molecule has 1 rings (SSSR count). The molecule has 4 nitrogen and oxygen atoms in total. The predicted molar refractivity (Wildman–Crippen MR) is 80.5 cm³/mol. The summed E-state index contributed by atoms with van der Waals surface area (Å²) < 4.78 is 5.24. The van der Waals surface area contributed by atoms with Gasteiger partial charge >= 0.3 is 0 Å².